The van der Waals surface area contributed by atoms with E-state index in [1.807, 2.05) is 42.5 Å². The van der Waals surface area contributed by atoms with Gasteiger partial charge in [0.25, 0.3) is 0 Å². The van der Waals surface area contributed by atoms with Gasteiger partial charge in [-0.2, -0.15) is 5.26 Å². The molecule has 0 N–H and O–H groups in total. The van der Waals surface area contributed by atoms with Gasteiger partial charge in [0.2, 0.25) is 5.78 Å². The number of allylic oxidation sites excluding steroid dienone is 1. The zero-order chi connectivity index (χ0) is 19.8. The van der Waals surface area contributed by atoms with Crippen molar-refractivity contribution in [2.24, 2.45) is 0 Å². The highest BCUT2D eigenvalue weighted by Gasteiger charge is 2.13. The molecule has 0 saturated heterocycles. The highest BCUT2D eigenvalue weighted by Crippen LogP contribution is 2.30. The molecule has 3 rings (SSSR count). The highest BCUT2D eigenvalue weighted by atomic mass is 16.5. The van der Waals surface area contributed by atoms with Crippen molar-refractivity contribution in [3.63, 3.8) is 0 Å². The second-order valence-corrected chi connectivity index (χ2v) is 6.05. The predicted molar refractivity (Wildman–Crippen MR) is 108 cm³/mol. The zero-order valence-corrected chi connectivity index (χ0v) is 15.5. The molecule has 0 saturated carbocycles. The molecule has 0 radical (unpaired) electrons. The summed E-state index contributed by atoms with van der Waals surface area (Å²) in [6.07, 6.45) is 1.56. The molecule has 0 atom stereocenters. The number of ketones is 1. The number of carbonyl (C=O) groups excluding carboxylic acids is 1. The summed E-state index contributed by atoms with van der Waals surface area (Å²) < 4.78 is 11.3. The molecule has 138 valence electrons. The Morgan fingerprint density at radius 1 is 0.964 bits per heavy atom. The van der Waals surface area contributed by atoms with E-state index in [2.05, 4.69) is 0 Å². The van der Waals surface area contributed by atoms with Crippen LogP contribution in [0.4, 0.5) is 0 Å². The van der Waals surface area contributed by atoms with E-state index in [0.717, 1.165) is 5.56 Å². The van der Waals surface area contributed by atoms with Gasteiger partial charge < -0.3 is 9.47 Å². The quantitative estimate of drug-likeness (QED) is 0.332. The lowest BCUT2D eigenvalue weighted by Gasteiger charge is -2.11. The summed E-state index contributed by atoms with van der Waals surface area (Å²) in [4.78, 5) is 12.6. The van der Waals surface area contributed by atoms with Crippen LogP contribution in [-0.4, -0.2) is 12.9 Å². The van der Waals surface area contributed by atoms with Crippen LogP contribution in [0.1, 0.15) is 21.5 Å². The van der Waals surface area contributed by atoms with E-state index in [-0.39, 0.29) is 11.4 Å². The first kappa shape index (κ1) is 18.9. The number of benzene rings is 3. The van der Waals surface area contributed by atoms with Crippen molar-refractivity contribution in [3.8, 4) is 17.6 Å². The molecule has 0 heterocycles. The third kappa shape index (κ3) is 4.66. The van der Waals surface area contributed by atoms with Crippen molar-refractivity contribution in [1.29, 1.82) is 5.26 Å². The Bertz CT molecular complexity index is 1020. The summed E-state index contributed by atoms with van der Waals surface area (Å²) in [5, 5.41) is 9.45. The molecule has 0 aliphatic heterocycles. The number of ether oxygens (including phenoxy) is 2. The molecule has 0 fully saturated rings. The molecule has 4 nitrogen and oxygen atoms in total. The van der Waals surface area contributed by atoms with Crippen LogP contribution >= 0.6 is 0 Å². The minimum absolute atomic E-state index is 0.0605. The van der Waals surface area contributed by atoms with E-state index in [4.69, 9.17) is 9.47 Å². The largest absolute Gasteiger partial charge is 0.493 e. The second-order valence-electron chi connectivity index (χ2n) is 6.05. The van der Waals surface area contributed by atoms with Crippen LogP contribution in [0.3, 0.4) is 0 Å². The fraction of sp³-hybridized carbons (Fsp3) is 0.0833. The lowest BCUT2D eigenvalue weighted by Crippen LogP contribution is -2.02. The first-order chi connectivity index (χ1) is 13.7. The molecular formula is C24H19NO3. The number of rotatable bonds is 7. The summed E-state index contributed by atoms with van der Waals surface area (Å²) in [6, 6.07) is 25.8. The van der Waals surface area contributed by atoms with Crippen LogP contribution < -0.4 is 9.47 Å². The maximum absolute atomic E-state index is 12.6. The minimum atomic E-state index is -0.314. The van der Waals surface area contributed by atoms with E-state index < -0.39 is 0 Å². The van der Waals surface area contributed by atoms with E-state index in [0.29, 0.717) is 29.2 Å². The normalized spacial score (nSPS) is 10.8. The molecule has 3 aromatic rings. The number of hydrogen-bond acceptors (Lipinski definition) is 4. The van der Waals surface area contributed by atoms with Gasteiger partial charge in [-0.1, -0.05) is 66.7 Å². The number of Topliss-reactive ketones (excluding diaryl/α,β-unsaturated/α-hetero) is 1. The average molecular weight is 369 g/mol. The van der Waals surface area contributed by atoms with Crippen molar-refractivity contribution in [1.82, 2.24) is 0 Å². The monoisotopic (exact) mass is 369 g/mol. The SMILES string of the molecule is COc1ccc(/C=C(\C#N)C(=O)c2ccccc2)cc1OCc1ccccc1. The van der Waals surface area contributed by atoms with Crippen LogP contribution in [0, 0.1) is 11.3 Å². The van der Waals surface area contributed by atoms with Gasteiger partial charge in [0.05, 0.1) is 7.11 Å². The number of nitrogens with zero attached hydrogens (tertiary/aromatic N) is 1. The van der Waals surface area contributed by atoms with Crippen molar-refractivity contribution in [3.05, 3.63) is 101 Å². The third-order valence-electron chi connectivity index (χ3n) is 4.14. The summed E-state index contributed by atoms with van der Waals surface area (Å²) in [7, 11) is 1.57. The Balaban J connectivity index is 1.86. The van der Waals surface area contributed by atoms with Crippen LogP contribution in [0.15, 0.2) is 84.4 Å². The summed E-state index contributed by atoms with van der Waals surface area (Å²) in [5.74, 6) is 0.816. The van der Waals surface area contributed by atoms with Crippen LogP contribution in [0.25, 0.3) is 6.08 Å². The van der Waals surface area contributed by atoms with Gasteiger partial charge in [-0.15, -0.1) is 0 Å². The van der Waals surface area contributed by atoms with Crippen molar-refractivity contribution in [2.45, 2.75) is 6.61 Å². The number of nitriles is 1. The van der Waals surface area contributed by atoms with Crippen LogP contribution in [0.2, 0.25) is 0 Å². The first-order valence-corrected chi connectivity index (χ1v) is 8.77. The van der Waals surface area contributed by atoms with Crippen molar-refractivity contribution >= 4 is 11.9 Å². The molecule has 0 unspecified atom stereocenters. The van der Waals surface area contributed by atoms with Crippen LogP contribution in [0.5, 0.6) is 11.5 Å². The lowest BCUT2D eigenvalue weighted by atomic mass is 10.0. The molecular weight excluding hydrogens is 350 g/mol. The van der Waals surface area contributed by atoms with Gasteiger partial charge in [-0.05, 0) is 29.3 Å². The smallest absolute Gasteiger partial charge is 0.203 e. The summed E-state index contributed by atoms with van der Waals surface area (Å²) in [6.45, 7) is 0.387. The fourth-order valence-electron chi connectivity index (χ4n) is 2.69. The van der Waals surface area contributed by atoms with Gasteiger partial charge in [0.1, 0.15) is 18.2 Å². The number of carbonyl (C=O) groups is 1. The van der Waals surface area contributed by atoms with Gasteiger partial charge in [0, 0.05) is 5.56 Å². The molecule has 0 aliphatic rings. The van der Waals surface area contributed by atoms with E-state index in [9.17, 15) is 10.1 Å². The summed E-state index contributed by atoms with van der Waals surface area (Å²) >= 11 is 0. The number of methoxy groups -OCH3 is 1. The molecule has 4 heteroatoms. The van der Waals surface area contributed by atoms with Crippen LogP contribution in [-0.2, 0) is 6.61 Å². The highest BCUT2D eigenvalue weighted by molar-refractivity contribution is 6.14. The third-order valence-corrected chi connectivity index (χ3v) is 4.14. The second kappa shape index (κ2) is 9.20. The maximum Gasteiger partial charge on any atom is 0.203 e. The molecule has 0 spiro atoms. The van der Waals surface area contributed by atoms with Gasteiger partial charge in [0.15, 0.2) is 11.5 Å². The van der Waals surface area contributed by atoms with Crippen molar-refractivity contribution < 1.29 is 14.3 Å². The van der Waals surface area contributed by atoms with Gasteiger partial charge in [-0.25, -0.2) is 0 Å². The van der Waals surface area contributed by atoms with Crippen molar-refractivity contribution in [2.75, 3.05) is 7.11 Å². The standard InChI is InChI=1S/C24H19NO3/c1-27-22-13-12-19(15-23(22)28-17-18-8-4-2-5-9-18)14-21(16-25)24(26)20-10-6-3-7-11-20/h2-15H,17H2,1H3/b21-14+. The molecule has 0 aromatic heterocycles. The predicted octanol–water partition coefficient (Wildman–Crippen LogP) is 5.06. The van der Waals surface area contributed by atoms with Gasteiger partial charge in [-0.3, -0.25) is 4.79 Å². The van der Waals surface area contributed by atoms with Gasteiger partial charge >= 0.3 is 0 Å². The van der Waals surface area contributed by atoms with E-state index >= 15 is 0 Å². The Hall–Kier alpha value is -3.84. The molecule has 28 heavy (non-hydrogen) atoms. The Kier molecular flexibility index (Phi) is 6.22. The molecule has 0 bridgehead atoms. The topological polar surface area (TPSA) is 59.3 Å². The number of hydrogen-bond donors (Lipinski definition) is 0. The Morgan fingerprint density at radius 2 is 1.64 bits per heavy atom. The fourth-order valence-corrected chi connectivity index (χ4v) is 2.69. The van der Waals surface area contributed by atoms with E-state index in [1.165, 1.54) is 0 Å². The molecule has 0 aliphatic carbocycles. The average Bonchev–Trinajstić information content (AvgIpc) is 2.77. The first-order valence-electron chi connectivity index (χ1n) is 8.77. The molecule has 0 amide bonds. The van der Waals surface area contributed by atoms with E-state index in [1.54, 1.807) is 55.7 Å². The maximum atomic E-state index is 12.6. The zero-order valence-electron chi connectivity index (χ0n) is 15.5. The lowest BCUT2D eigenvalue weighted by molar-refractivity contribution is 0.104. The summed E-state index contributed by atoms with van der Waals surface area (Å²) in [5.41, 5.74) is 2.25. The Morgan fingerprint density at radius 3 is 2.29 bits per heavy atom. The minimum Gasteiger partial charge on any atom is -0.493 e. The molecule has 3 aromatic carbocycles. The Labute approximate surface area is 164 Å².